The lowest BCUT2D eigenvalue weighted by molar-refractivity contribution is 0.171. The van der Waals surface area contributed by atoms with Crippen LogP contribution in [-0.2, 0) is 8.85 Å². The van der Waals surface area contributed by atoms with E-state index in [1.165, 1.54) is 38.5 Å². The minimum atomic E-state index is -2.17. The minimum absolute atomic E-state index is 0.133. The molecule has 0 saturated heterocycles. The predicted octanol–water partition coefficient (Wildman–Crippen LogP) is 6.15. The van der Waals surface area contributed by atoms with Crippen molar-refractivity contribution in [3.63, 3.8) is 0 Å². The summed E-state index contributed by atoms with van der Waals surface area (Å²) in [7, 11) is 1.56. The van der Waals surface area contributed by atoms with Crippen LogP contribution in [0.5, 0.6) is 0 Å². The van der Waals surface area contributed by atoms with Crippen LogP contribution in [0.15, 0.2) is 0 Å². The molecule has 0 N–H and O–H groups in total. The second-order valence-corrected chi connectivity index (χ2v) is 11.5. The topological polar surface area (TPSA) is 18.5 Å². The van der Waals surface area contributed by atoms with Crippen LogP contribution in [0.25, 0.3) is 0 Å². The molecule has 0 aliphatic carbocycles. The average Bonchev–Trinajstić information content (AvgIpc) is 2.45. The van der Waals surface area contributed by atoms with E-state index in [9.17, 15) is 0 Å². The summed E-state index contributed by atoms with van der Waals surface area (Å²) in [6.07, 6.45) is 7.96. The standard InChI is InChI=1S/C18H40O2Si/c1-9-10-11-12-13-14-15-21(19-7,20-8)18(5,6)17(4)16(2)3/h16-17H,9-15H2,1-8H3. The van der Waals surface area contributed by atoms with Gasteiger partial charge in [-0.2, -0.15) is 0 Å². The molecule has 0 aromatic rings. The molecule has 0 aliphatic heterocycles. The maximum Gasteiger partial charge on any atom is 0.343 e. The Bertz CT molecular complexity index is 260. The third kappa shape index (κ3) is 5.68. The van der Waals surface area contributed by atoms with E-state index < -0.39 is 8.56 Å². The molecule has 0 rings (SSSR count). The van der Waals surface area contributed by atoms with Crippen molar-refractivity contribution >= 4 is 8.56 Å². The average molecular weight is 317 g/mol. The van der Waals surface area contributed by atoms with Crippen molar-refractivity contribution in [1.29, 1.82) is 0 Å². The molecule has 0 heterocycles. The summed E-state index contributed by atoms with van der Waals surface area (Å²) < 4.78 is 12.1. The van der Waals surface area contributed by atoms with E-state index in [4.69, 9.17) is 8.85 Å². The highest BCUT2D eigenvalue weighted by Crippen LogP contribution is 2.50. The monoisotopic (exact) mass is 316 g/mol. The van der Waals surface area contributed by atoms with Crippen LogP contribution < -0.4 is 0 Å². The van der Waals surface area contributed by atoms with Crippen molar-refractivity contribution in [1.82, 2.24) is 0 Å². The fraction of sp³-hybridized carbons (Fsp3) is 1.00. The highest BCUT2D eigenvalue weighted by molar-refractivity contribution is 6.70. The van der Waals surface area contributed by atoms with Gasteiger partial charge in [0.15, 0.2) is 0 Å². The summed E-state index contributed by atoms with van der Waals surface area (Å²) in [5.74, 6) is 1.26. The second-order valence-electron chi connectivity index (χ2n) is 7.43. The summed E-state index contributed by atoms with van der Waals surface area (Å²) in [5.41, 5.74) is 0. The number of hydrogen-bond acceptors (Lipinski definition) is 2. The van der Waals surface area contributed by atoms with Gasteiger partial charge in [-0.05, 0) is 17.9 Å². The Morgan fingerprint density at radius 2 is 1.33 bits per heavy atom. The van der Waals surface area contributed by atoms with Crippen molar-refractivity contribution in [3.8, 4) is 0 Å². The van der Waals surface area contributed by atoms with E-state index in [2.05, 4.69) is 41.5 Å². The second kappa shape index (κ2) is 10.0. The first-order valence-corrected chi connectivity index (χ1v) is 10.9. The van der Waals surface area contributed by atoms with Crippen LogP contribution in [-0.4, -0.2) is 22.8 Å². The van der Waals surface area contributed by atoms with Crippen LogP contribution >= 0.6 is 0 Å². The quantitative estimate of drug-likeness (QED) is 0.317. The maximum absolute atomic E-state index is 6.07. The maximum atomic E-state index is 6.07. The van der Waals surface area contributed by atoms with Crippen LogP contribution in [0.3, 0.4) is 0 Å². The smallest absolute Gasteiger partial charge is 0.343 e. The van der Waals surface area contributed by atoms with E-state index >= 15 is 0 Å². The Balaban J connectivity index is 4.68. The van der Waals surface area contributed by atoms with Gasteiger partial charge in [-0.1, -0.05) is 80.1 Å². The zero-order chi connectivity index (χ0) is 16.5. The highest BCUT2D eigenvalue weighted by atomic mass is 28.4. The fourth-order valence-electron chi connectivity index (χ4n) is 3.45. The molecule has 21 heavy (non-hydrogen) atoms. The minimum Gasteiger partial charge on any atom is -0.397 e. The SMILES string of the molecule is CCCCCCCC[Si](OC)(OC)C(C)(C)C(C)C(C)C. The summed E-state index contributed by atoms with van der Waals surface area (Å²) in [4.78, 5) is 0. The summed E-state index contributed by atoms with van der Waals surface area (Å²) >= 11 is 0. The van der Waals surface area contributed by atoms with E-state index in [1.54, 1.807) is 0 Å². The van der Waals surface area contributed by atoms with Gasteiger partial charge in [0.05, 0.1) is 0 Å². The van der Waals surface area contributed by atoms with Gasteiger partial charge in [0, 0.05) is 19.3 Å². The Labute approximate surface area is 135 Å². The predicted molar refractivity (Wildman–Crippen MR) is 96.0 cm³/mol. The first-order valence-electron chi connectivity index (χ1n) is 8.89. The Morgan fingerprint density at radius 3 is 1.76 bits per heavy atom. The van der Waals surface area contributed by atoms with Gasteiger partial charge in [0.25, 0.3) is 0 Å². The Morgan fingerprint density at radius 1 is 0.857 bits per heavy atom. The molecule has 0 aromatic heterocycles. The molecule has 0 saturated carbocycles. The van der Waals surface area contributed by atoms with Crippen LogP contribution in [0.1, 0.15) is 80.1 Å². The van der Waals surface area contributed by atoms with Gasteiger partial charge >= 0.3 is 8.56 Å². The molecule has 0 aromatic carbocycles. The molecule has 0 amide bonds. The zero-order valence-electron chi connectivity index (χ0n) is 15.9. The molecule has 0 spiro atoms. The molecule has 0 bridgehead atoms. The molecule has 0 fully saturated rings. The largest absolute Gasteiger partial charge is 0.397 e. The van der Waals surface area contributed by atoms with Crippen molar-refractivity contribution in [3.05, 3.63) is 0 Å². The number of rotatable bonds is 12. The molecule has 0 aliphatic rings. The van der Waals surface area contributed by atoms with E-state index in [0.717, 1.165) is 6.04 Å². The molecule has 3 heteroatoms. The third-order valence-electron chi connectivity index (χ3n) is 5.64. The van der Waals surface area contributed by atoms with Crippen LogP contribution in [0.2, 0.25) is 11.1 Å². The van der Waals surface area contributed by atoms with Gasteiger partial charge in [-0.25, -0.2) is 0 Å². The van der Waals surface area contributed by atoms with Gasteiger partial charge < -0.3 is 8.85 Å². The molecule has 1 atom stereocenters. The summed E-state index contributed by atoms with van der Waals surface area (Å²) in [6, 6.07) is 1.12. The number of unbranched alkanes of at least 4 members (excludes halogenated alkanes) is 5. The summed E-state index contributed by atoms with van der Waals surface area (Å²) in [5, 5.41) is 0.133. The molecule has 2 nitrogen and oxygen atoms in total. The van der Waals surface area contributed by atoms with Crippen molar-refractivity contribution in [2.75, 3.05) is 14.2 Å². The lowest BCUT2D eigenvalue weighted by Gasteiger charge is -2.46. The van der Waals surface area contributed by atoms with Gasteiger partial charge in [-0.15, -0.1) is 0 Å². The van der Waals surface area contributed by atoms with Gasteiger partial charge in [0.1, 0.15) is 0 Å². The van der Waals surface area contributed by atoms with E-state index in [0.29, 0.717) is 11.8 Å². The first kappa shape index (κ1) is 21.1. The molecular formula is C18H40O2Si. The molecule has 0 radical (unpaired) electrons. The van der Waals surface area contributed by atoms with Crippen molar-refractivity contribution < 1.29 is 8.85 Å². The van der Waals surface area contributed by atoms with E-state index in [1.807, 2.05) is 14.2 Å². The first-order chi connectivity index (χ1) is 9.79. The highest BCUT2D eigenvalue weighted by Gasteiger charge is 2.53. The van der Waals surface area contributed by atoms with Crippen molar-refractivity contribution in [2.45, 2.75) is 91.1 Å². The van der Waals surface area contributed by atoms with Crippen LogP contribution in [0.4, 0.5) is 0 Å². The lowest BCUT2D eigenvalue weighted by atomic mass is 9.86. The zero-order valence-corrected chi connectivity index (χ0v) is 16.9. The molecule has 128 valence electrons. The third-order valence-corrected chi connectivity index (χ3v) is 10.4. The van der Waals surface area contributed by atoms with Gasteiger partial charge in [-0.3, -0.25) is 0 Å². The summed E-state index contributed by atoms with van der Waals surface area (Å²) in [6.45, 7) is 13.9. The van der Waals surface area contributed by atoms with E-state index in [-0.39, 0.29) is 5.04 Å². The lowest BCUT2D eigenvalue weighted by Crippen LogP contribution is -2.53. The Hall–Kier alpha value is 0.137. The molecular weight excluding hydrogens is 276 g/mol. The van der Waals surface area contributed by atoms with Crippen molar-refractivity contribution in [2.24, 2.45) is 11.8 Å². The van der Waals surface area contributed by atoms with Crippen LogP contribution in [0, 0.1) is 11.8 Å². The van der Waals surface area contributed by atoms with Gasteiger partial charge in [0.2, 0.25) is 0 Å². The Kier molecular flexibility index (Phi) is 10.1. The molecule has 1 unspecified atom stereocenters. The normalized spacial score (nSPS) is 14.7. The number of hydrogen-bond donors (Lipinski definition) is 0. The fourth-order valence-corrected chi connectivity index (χ4v) is 7.47.